The first-order chi connectivity index (χ1) is 9.22. The molecule has 2 atom stereocenters. The van der Waals surface area contributed by atoms with E-state index in [9.17, 15) is 0 Å². The average Bonchev–Trinajstić information content (AvgIpc) is 3.23. The Labute approximate surface area is 125 Å². The molecule has 2 heterocycles. The van der Waals surface area contributed by atoms with Gasteiger partial charge in [0.15, 0.2) is 0 Å². The van der Waals surface area contributed by atoms with Crippen LogP contribution < -0.4 is 0 Å². The van der Waals surface area contributed by atoms with E-state index in [4.69, 9.17) is 11.6 Å². The summed E-state index contributed by atoms with van der Waals surface area (Å²) in [6, 6.07) is 8.12. The molecule has 3 heteroatoms. The van der Waals surface area contributed by atoms with Crippen molar-refractivity contribution in [1.29, 1.82) is 0 Å². The van der Waals surface area contributed by atoms with E-state index in [0.29, 0.717) is 5.92 Å². The van der Waals surface area contributed by atoms with Gasteiger partial charge in [0.05, 0.1) is 0 Å². The van der Waals surface area contributed by atoms with Crippen molar-refractivity contribution < 1.29 is 0 Å². The first-order valence-electron chi connectivity index (χ1n) is 7.01. The molecule has 3 rings (SSSR count). The average molecular weight is 294 g/mol. The summed E-state index contributed by atoms with van der Waals surface area (Å²) in [6.07, 6.45) is 2.57. The minimum Gasteiger partial charge on any atom is -0.302 e. The van der Waals surface area contributed by atoms with Crippen molar-refractivity contribution in [3.05, 3.63) is 41.4 Å². The number of hydrogen-bond donors (Lipinski definition) is 0. The topological polar surface area (TPSA) is 3.24 Å². The van der Waals surface area contributed by atoms with Gasteiger partial charge in [0, 0.05) is 29.1 Å². The molecule has 0 spiro atoms. The van der Waals surface area contributed by atoms with Gasteiger partial charge in [0.2, 0.25) is 0 Å². The van der Waals surface area contributed by atoms with Gasteiger partial charge in [0.1, 0.15) is 0 Å². The predicted molar refractivity (Wildman–Crippen MR) is 85.9 cm³/mol. The van der Waals surface area contributed by atoms with Gasteiger partial charge in [-0.15, -0.1) is 0 Å². The number of hydrogen-bond acceptors (Lipinski definition) is 2. The lowest BCUT2D eigenvalue weighted by atomic mass is 9.87. The number of nitrogens with zero attached hydrogens (tertiary/aromatic N) is 1. The molecule has 1 aromatic carbocycles. The highest BCUT2D eigenvalue weighted by molar-refractivity contribution is 8.06. The summed E-state index contributed by atoms with van der Waals surface area (Å²) in [5, 5.41) is 1.70. The SMILES string of the molecule is C=C(c1ccc(Cl)cc1)C1CCCN(CC2CS2)C1. The third-order valence-corrected chi connectivity index (χ3v) is 5.28. The number of thioether (sulfide) groups is 1. The summed E-state index contributed by atoms with van der Waals surface area (Å²) in [6.45, 7) is 8.05. The lowest BCUT2D eigenvalue weighted by Crippen LogP contribution is -2.37. The molecule has 0 aromatic heterocycles. The van der Waals surface area contributed by atoms with Gasteiger partial charge in [-0.3, -0.25) is 0 Å². The highest BCUT2D eigenvalue weighted by Crippen LogP contribution is 2.34. The van der Waals surface area contributed by atoms with Crippen LogP contribution in [-0.4, -0.2) is 35.5 Å². The molecule has 0 radical (unpaired) electrons. The standard InChI is InChI=1S/C16H20ClNS/c1-12(13-4-6-15(17)7-5-13)14-3-2-8-18(9-14)10-16-11-19-16/h4-7,14,16H,1-3,8-11H2. The van der Waals surface area contributed by atoms with Crippen molar-refractivity contribution in [3.63, 3.8) is 0 Å². The minimum absolute atomic E-state index is 0.610. The lowest BCUT2D eigenvalue weighted by molar-refractivity contribution is 0.206. The first-order valence-corrected chi connectivity index (χ1v) is 8.44. The van der Waals surface area contributed by atoms with Gasteiger partial charge in [-0.2, -0.15) is 11.8 Å². The number of likely N-dealkylation sites (tertiary alicyclic amines) is 1. The summed E-state index contributed by atoms with van der Waals surface area (Å²) in [4.78, 5) is 2.62. The van der Waals surface area contributed by atoms with Gasteiger partial charge in [0.25, 0.3) is 0 Å². The third kappa shape index (κ3) is 3.56. The van der Waals surface area contributed by atoms with E-state index in [1.807, 2.05) is 12.1 Å². The third-order valence-electron chi connectivity index (χ3n) is 4.08. The molecular weight excluding hydrogens is 274 g/mol. The van der Waals surface area contributed by atoms with Crippen molar-refractivity contribution in [2.45, 2.75) is 18.1 Å². The van der Waals surface area contributed by atoms with Crippen LogP contribution >= 0.6 is 23.4 Å². The lowest BCUT2D eigenvalue weighted by Gasteiger charge is -2.33. The fourth-order valence-electron chi connectivity index (χ4n) is 2.87. The summed E-state index contributed by atoms with van der Waals surface area (Å²) in [7, 11) is 0. The maximum Gasteiger partial charge on any atom is 0.0406 e. The van der Waals surface area contributed by atoms with Crippen molar-refractivity contribution in [2.24, 2.45) is 5.92 Å². The van der Waals surface area contributed by atoms with E-state index in [2.05, 4.69) is 35.4 Å². The van der Waals surface area contributed by atoms with E-state index < -0.39 is 0 Å². The van der Waals surface area contributed by atoms with Gasteiger partial charge in [-0.1, -0.05) is 30.3 Å². The van der Waals surface area contributed by atoms with Gasteiger partial charge < -0.3 is 4.90 Å². The smallest absolute Gasteiger partial charge is 0.0406 e. The second kappa shape index (κ2) is 5.90. The van der Waals surface area contributed by atoms with Gasteiger partial charge in [-0.25, -0.2) is 0 Å². The highest BCUT2D eigenvalue weighted by atomic mass is 35.5. The van der Waals surface area contributed by atoms with Crippen LogP contribution in [-0.2, 0) is 0 Å². The maximum atomic E-state index is 5.95. The van der Waals surface area contributed by atoms with Crippen molar-refractivity contribution in [1.82, 2.24) is 4.90 Å². The largest absolute Gasteiger partial charge is 0.302 e. The van der Waals surface area contributed by atoms with Crippen LogP contribution in [0.25, 0.3) is 5.57 Å². The Morgan fingerprint density at radius 1 is 1.37 bits per heavy atom. The molecule has 0 N–H and O–H groups in total. The van der Waals surface area contributed by atoms with Crippen LogP contribution in [0.5, 0.6) is 0 Å². The highest BCUT2D eigenvalue weighted by Gasteiger charge is 2.29. The van der Waals surface area contributed by atoms with E-state index in [1.165, 1.54) is 49.4 Å². The zero-order valence-electron chi connectivity index (χ0n) is 11.1. The van der Waals surface area contributed by atoms with E-state index in [1.54, 1.807) is 0 Å². The molecule has 0 amide bonds. The van der Waals surface area contributed by atoms with Crippen molar-refractivity contribution in [3.8, 4) is 0 Å². The number of piperidine rings is 1. The zero-order chi connectivity index (χ0) is 13.2. The molecule has 1 aromatic rings. The van der Waals surface area contributed by atoms with Crippen LogP contribution in [0.4, 0.5) is 0 Å². The fourth-order valence-corrected chi connectivity index (χ4v) is 3.55. The van der Waals surface area contributed by atoms with Gasteiger partial charge >= 0.3 is 0 Å². The monoisotopic (exact) mass is 293 g/mol. The van der Waals surface area contributed by atoms with Crippen LogP contribution in [0.2, 0.25) is 5.02 Å². The molecule has 19 heavy (non-hydrogen) atoms. The predicted octanol–water partition coefficient (Wildman–Crippen LogP) is 4.18. The number of benzene rings is 1. The van der Waals surface area contributed by atoms with Crippen molar-refractivity contribution >= 4 is 28.9 Å². The molecule has 0 bridgehead atoms. The van der Waals surface area contributed by atoms with Crippen LogP contribution in [0.1, 0.15) is 18.4 Å². The minimum atomic E-state index is 0.610. The van der Waals surface area contributed by atoms with Gasteiger partial charge in [-0.05, 0) is 48.6 Å². The Balaban J connectivity index is 1.63. The summed E-state index contributed by atoms with van der Waals surface area (Å²) in [5.74, 6) is 1.97. The molecule has 2 saturated heterocycles. The number of rotatable bonds is 4. The molecule has 102 valence electrons. The molecular formula is C16H20ClNS. The second-order valence-electron chi connectivity index (χ2n) is 5.59. The molecule has 1 nitrogen and oxygen atoms in total. The Morgan fingerprint density at radius 2 is 2.11 bits per heavy atom. The van der Waals surface area contributed by atoms with E-state index in [-0.39, 0.29) is 0 Å². The Kier molecular flexibility index (Phi) is 4.21. The summed E-state index contributed by atoms with van der Waals surface area (Å²) >= 11 is 8.04. The zero-order valence-corrected chi connectivity index (χ0v) is 12.7. The normalized spacial score (nSPS) is 27.2. The Bertz CT molecular complexity index is 452. The summed E-state index contributed by atoms with van der Waals surface area (Å²) < 4.78 is 0. The molecule has 2 aliphatic heterocycles. The maximum absolute atomic E-state index is 5.95. The fraction of sp³-hybridized carbons (Fsp3) is 0.500. The Hall–Kier alpha value is -0.440. The quantitative estimate of drug-likeness (QED) is 0.766. The second-order valence-corrected chi connectivity index (χ2v) is 7.36. The molecule has 2 fully saturated rings. The molecule has 0 aliphatic carbocycles. The Morgan fingerprint density at radius 3 is 2.79 bits per heavy atom. The molecule has 2 aliphatic rings. The van der Waals surface area contributed by atoms with Crippen LogP contribution in [0.3, 0.4) is 0 Å². The molecule has 2 unspecified atom stereocenters. The first kappa shape index (κ1) is 13.5. The number of halogens is 1. The van der Waals surface area contributed by atoms with Crippen molar-refractivity contribution in [2.75, 3.05) is 25.4 Å². The van der Waals surface area contributed by atoms with E-state index >= 15 is 0 Å². The van der Waals surface area contributed by atoms with E-state index in [0.717, 1.165) is 10.3 Å². The summed E-state index contributed by atoms with van der Waals surface area (Å²) in [5.41, 5.74) is 2.53. The van der Waals surface area contributed by atoms with Crippen LogP contribution in [0, 0.1) is 5.92 Å². The van der Waals surface area contributed by atoms with Crippen LogP contribution in [0.15, 0.2) is 30.8 Å². The molecule has 0 saturated carbocycles.